The second-order valence-electron chi connectivity index (χ2n) is 3.14. The summed E-state index contributed by atoms with van der Waals surface area (Å²) in [5.74, 6) is 0. The monoisotopic (exact) mass is 256 g/mol. The van der Waals surface area contributed by atoms with Crippen molar-refractivity contribution >= 4 is 24.8 Å². The topological polar surface area (TPSA) is 38.9 Å². The van der Waals surface area contributed by atoms with Gasteiger partial charge in [-0.3, -0.25) is 4.98 Å². The summed E-state index contributed by atoms with van der Waals surface area (Å²) < 4.78 is 0. The highest BCUT2D eigenvalue weighted by Crippen LogP contribution is 2.17. The fourth-order valence-corrected chi connectivity index (χ4v) is 1.37. The number of hydrogen-bond acceptors (Lipinski definition) is 2. The first-order chi connectivity index (χ1) is 6.90. The molecular formula is C12H14Cl2N2. The molecule has 0 bridgehead atoms. The number of pyridine rings is 1. The quantitative estimate of drug-likeness (QED) is 0.898. The van der Waals surface area contributed by atoms with Gasteiger partial charge in [0.1, 0.15) is 0 Å². The van der Waals surface area contributed by atoms with Crippen LogP contribution in [0.2, 0.25) is 0 Å². The molecule has 0 saturated heterocycles. The Morgan fingerprint density at radius 2 is 1.62 bits per heavy atom. The van der Waals surface area contributed by atoms with E-state index in [2.05, 4.69) is 17.1 Å². The van der Waals surface area contributed by atoms with Crippen LogP contribution in [-0.4, -0.2) is 4.98 Å². The molecule has 0 amide bonds. The highest BCUT2D eigenvalue weighted by atomic mass is 35.5. The predicted molar refractivity (Wildman–Crippen MR) is 72.1 cm³/mol. The minimum atomic E-state index is 0. The average molecular weight is 257 g/mol. The molecule has 1 heterocycles. The number of nitrogens with zero attached hydrogens (tertiary/aromatic N) is 1. The van der Waals surface area contributed by atoms with Crippen molar-refractivity contribution in [3.05, 3.63) is 54.4 Å². The van der Waals surface area contributed by atoms with Gasteiger partial charge in [-0.2, -0.15) is 0 Å². The van der Waals surface area contributed by atoms with Crippen molar-refractivity contribution in [1.29, 1.82) is 0 Å². The van der Waals surface area contributed by atoms with Crippen molar-refractivity contribution in [2.45, 2.75) is 6.54 Å². The van der Waals surface area contributed by atoms with Gasteiger partial charge in [-0.1, -0.05) is 30.3 Å². The third-order valence-electron chi connectivity index (χ3n) is 2.18. The smallest absolute Gasteiger partial charge is 0.0346 e. The molecule has 1 aromatic heterocycles. The van der Waals surface area contributed by atoms with Crippen LogP contribution in [0.25, 0.3) is 11.1 Å². The van der Waals surface area contributed by atoms with Gasteiger partial charge in [-0.15, -0.1) is 24.8 Å². The van der Waals surface area contributed by atoms with Gasteiger partial charge in [0.15, 0.2) is 0 Å². The summed E-state index contributed by atoms with van der Waals surface area (Å²) in [6.45, 7) is 0.591. The van der Waals surface area contributed by atoms with E-state index in [0.717, 1.165) is 11.1 Å². The lowest BCUT2D eigenvalue weighted by Crippen LogP contribution is -1.95. The molecule has 0 aliphatic carbocycles. The lowest BCUT2D eigenvalue weighted by atomic mass is 10.1. The van der Waals surface area contributed by atoms with Crippen LogP contribution in [0.15, 0.2) is 48.8 Å². The molecule has 16 heavy (non-hydrogen) atoms. The Labute approximate surface area is 108 Å². The molecule has 86 valence electrons. The summed E-state index contributed by atoms with van der Waals surface area (Å²) in [4.78, 5) is 4.08. The lowest BCUT2D eigenvalue weighted by molar-refractivity contribution is 1.07. The van der Waals surface area contributed by atoms with Crippen LogP contribution in [0.5, 0.6) is 0 Å². The second kappa shape index (κ2) is 7.23. The van der Waals surface area contributed by atoms with Crippen molar-refractivity contribution < 1.29 is 0 Å². The largest absolute Gasteiger partial charge is 0.326 e. The molecule has 2 aromatic rings. The van der Waals surface area contributed by atoms with Crippen LogP contribution in [0, 0.1) is 0 Å². The molecule has 0 unspecified atom stereocenters. The standard InChI is InChI=1S/C12H12N2.2ClH/c13-8-10-3-5-11(6-4-10)12-2-1-7-14-9-12;;/h1-7,9H,8,13H2;2*1H. The lowest BCUT2D eigenvalue weighted by Gasteiger charge is -2.01. The molecular weight excluding hydrogens is 243 g/mol. The van der Waals surface area contributed by atoms with Crippen LogP contribution < -0.4 is 5.73 Å². The molecule has 0 radical (unpaired) electrons. The van der Waals surface area contributed by atoms with Crippen molar-refractivity contribution in [3.8, 4) is 11.1 Å². The number of halogens is 2. The second-order valence-corrected chi connectivity index (χ2v) is 3.14. The third-order valence-corrected chi connectivity index (χ3v) is 2.18. The van der Waals surface area contributed by atoms with Gasteiger partial charge in [0, 0.05) is 18.9 Å². The summed E-state index contributed by atoms with van der Waals surface area (Å²) >= 11 is 0. The van der Waals surface area contributed by atoms with Gasteiger partial charge in [-0.05, 0) is 22.8 Å². The summed E-state index contributed by atoms with van der Waals surface area (Å²) in [5.41, 5.74) is 8.99. The molecule has 1 aromatic carbocycles. The molecule has 4 heteroatoms. The van der Waals surface area contributed by atoms with Crippen molar-refractivity contribution in [2.75, 3.05) is 0 Å². The third kappa shape index (κ3) is 3.49. The summed E-state index contributed by atoms with van der Waals surface area (Å²) in [6, 6.07) is 12.2. The molecule has 2 rings (SSSR count). The summed E-state index contributed by atoms with van der Waals surface area (Å²) in [5, 5.41) is 0. The van der Waals surface area contributed by atoms with Crippen LogP contribution in [-0.2, 0) is 6.54 Å². The Balaban J connectivity index is 0.00000112. The van der Waals surface area contributed by atoms with E-state index in [1.54, 1.807) is 6.20 Å². The van der Waals surface area contributed by atoms with Gasteiger partial charge in [0.2, 0.25) is 0 Å². The number of benzene rings is 1. The molecule has 0 aliphatic rings. The zero-order valence-corrected chi connectivity index (χ0v) is 10.3. The number of hydrogen-bond donors (Lipinski definition) is 1. The Morgan fingerprint density at radius 1 is 0.938 bits per heavy atom. The van der Waals surface area contributed by atoms with Gasteiger partial charge in [0.05, 0.1) is 0 Å². The van der Waals surface area contributed by atoms with E-state index in [9.17, 15) is 0 Å². The summed E-state index contributed by atoms with van der Waals surface area (Å²) in [7, 11) is 0. The molecule has 0 spiro atoms. The van der Waals surface area contributed by atoms with Crippen molar-refractivity contribution in [1.82, 2.24) is 4.98 Å². The number of nitrogens with two attached hydrogens (primary N) is 1. The van der Waals surface area contributed by atoms with E-state index in [1.807, 2.05) is 30.5 Å². The molecule has 0 saturated carbocycles. The van der Waals surface area contributed by atoms with Gasteiger partial charge in [0.25, 0.3) is 0 Å². The van der Waals surface area contributed by atoms with Crippen molar-refractivity contribution in [2.24, 2.45) is 5.73 Å². The van der Waals surface area contributed by atoms with Crippen LogP contribution in [0.1, 0.15) is 5.56 Å². The van der Waals surface area contributed by atoms with E-state index in [1.165, 1.54) is 5.56 Å². The Kier molecular flexibility index (Phi) is 6.74. The fraction of sp³-hybridized carbons (Fsp3) is 0.0833. The Bertz CT molecular complexity index is 401. The summed E-state index contributed by atoms with van der Waals surface area (Å²) in [6.07, 6.45) is 3.63. The zero-order chi connectivity index (χ0) is 9.80. The first-order valence-electron chi connectivity index (χ1n) is 4.59. The maximum Gasteiger partial charge on any atom is 0.0346 e. The maximum absolute atomic E-state index is 5.53. The van der Waals surface area contributed by atoms with Crippen LogP contribution >= 0.6 is 24.8 Å². The van der Waals surface area contributed by atoms with Crippen LogP contribution in [0.4, 0.5) is 0 Å². The minimum Gasteiger partial charge on any atom is -0.326 e. The first kappa shape index (κ1) is 14.9. The van der Waals surface area contributed by atoms with Crippen molar-refractivity contribution in [3.63, 3.8) is 0 Å². The fourth-order valence-electron chi connectivity index (χ4n) is 1.37. The molecule has 0 fully saturated rings. The minimum absolute atomic E-state index is 0. The molecule has 0 aliphatic heterocycles. The van der Waals surface area contributed by atoms with Gasteiger partial charge in [-0.25, -0.2) is 0 Å². The predicted octanol–water partition coefficient (Wildman–Crippen LogP) is 3.05. The maximum atomic E-state index is 5.53. The Morgan fingerprint density at radius 3 is 2.12 bits per heavy atom. The van der Waals surface area contributed by atoms with E-state index in [0.29, 0.717) is 6.54 Å². The number of rotatable bonds is 2. The van der Waals surface area contributed by atoms with E-state index in [-0.39, 0.29) is 24.8 Å². The SMILES string of the molecule is Cl.Cl.NCc1ccc(-c2cccnc2)cc1. The molecule has 2 nitrogen and oxygen atoms in total. The van der Waals surface area contributed by atoms with Crippen LogP contribution in [0.3, 0.4) is 0 Å². The van der Waals surface area contributed by atoms with Gasteiger partial charge < -0.3 is 5.73 Å². The zero-order valence-electron chi connectivity index (χ0n) is 8.67. The highest BCUT2D eigenvalue weighted by molar-refractivity contribution is 5.85. The van der Waals surface area contributed by atoms with E-state index in [4.69, 9.17) is 5.73 Å². The average Bonchev–Trinajstić information content (AvgIpc) is 2.30. The molecule has 2 N–H and O–H groups in total. The highest BCUT2D eigenvalue weighted by Gasteiger charge is 1.96. The van der Waals surface area contributed by atoms with E-state index >= 15 is 0 Å². The van der Waals surface area contributed by atoms with E-state index < -0.39 is 0 Å². The van der Waals surface area contributed by atoms with Gasteiger partial charge >= 0.3 is 0 Å². The Hall–Kier alpha value is -1.09. The first-order valence-corrected chi connectivity index (χ1v) is 4.59. The number of aromatic nitrogens is 1. The normalized spacial score (nSPS) is 8.81. The molecule has 0 atom stereocenters.